The Bertz CT molecular complexity index is 955. The smallest absolute Gasteiger partial charge is 0.307 e. The van der Waals surface area contributed by atoms with Gasteiger partial charge in [-0.15, -0.1) is 11.3 Å². The van der Waals surface area contributed by atoms with E-state index in [0.717, 1.165) is 23.3 Å². The first kappa shape index (κ1) is 22.3. The summed E-state index contributed by atoms with van der Waals surface area (Å²) in [6.45, 7) is 3.88. The minimum atomic E-state index is -0.938. The average Bonchev–Trinajstić information content (AvgIpc) is 3.04. The van der Waals surface area contributed by atoms with Gasteiger partial charge in [0.1, 0.15) is 5.00 Å². The van der Waals surface area contributed by atoms with Crippen molar-refractivity contribution in [1.82, 2.24) is 0 Å². The molecule has 6 nitrogen and oxygen atoms in total. The number of thiophene rings is 1. The van der Waals surface area contributed by atoms with Crippen molar-refractivity contribution in [2.24, 2.45) is 11.8 Å². The highest BCUT2D eigenvalue weighted by Crippen LogP contribution is 2.36. The Balaban J connectivity index is 1.86. The van der Waals surface area contributed by atoms with E-state index in [1.165, 1.54) is 11.3 Å². The fraction of sp³-hybridized carbons (Fsp3) is 0.409. The van der Waals surface area contributed by atoms with E-state index in [9.17, 15) is 19.5 Å². The largest absolute Gasteiger partial charge is 0.481 e. The number of carbonyl (C=O) groups excluding carboxylic acids is 2. The first-order chi connectivity index (χ1) is 14.3. The quantitative estimate of drug-likeness (QED) is 0.554. The summed E-state index contributed by atoms with van der Waals surface area (Å²) in [5.41, 5.74) is 1.91. The van der Waals surface area contributed by atoms with Crippen LogP contribution in [0.3, 0.4) is 0 Å². The second kappa shape index (κ2) is 9.62. The Morgan fingerprint density at radius 3 is 2.33 bits per heavy atom. The van der Waals surface area contributed by atoms with Crippen molar-refractivity contribution in [3.8, 4) is 0 Å². The summed E-state index contributed by atoms with van der Waals surface area (Å²) < 4.78 is 0. The zero-order valence-electron chi connectivity index (χ0n) is 17.0. The third-order valence-corrected chi connectivity index (χ3v) is 6.86. The maximum Gasteiger partial charge on any atom is 0.307 e. The fourth-order valence-electron chi connectivity index (χ4n) is 4.00. The van der Waals surface area contributed by atoms with Crippen molar-refractivity contribution in [2.45, 2.75) is 46.0 Å². The number of aryl methyl sites for hydroxylation is 1. The molecular formula is C22H25ClN2O4S. The van der Waals surface area contributed by atoms with Crippen LogP contribution in [0.25, 0.3) is 0 Å². The number of rotatable bonds is 6. The van der Waals surface area contributed by atoms with Gasteiger partial charge in [-0.25, -0.2) is 0 Å². The maximum absolute atomic E-state index is 13.1. The van der Waals surface area contributed by atoms with Crippen LogP contribution in [0.2, 0.25) is 5.02 Å². The standard InChI is InChI=1S/C22H25ClN2O4S/c1-3-15-12(2)30-21(18(15)20(27)24-14-10-8-13(23)9-11-14)25-19(26)16-6-4-5-7-17(16)22(28)29/h8-11,16-17H,3-7H2,1-2H3,(H,24,27)(H,25,26)(H,28,29). The van der Waals surface area contributed by atoms with E-state index < -0.39 is 17.8 Å². The number of nitrogens with one attached hydrogen (secondary N) is 2. The SMILES string of the molecule is CCc1c(C)sc(NC(=O)C2CCCCC2C(=O)O)c1C(=O)Nc1ccc(Cl)cc1. The average molecular weight is 449 g/mol. The molecule has 1 aromatic carbocycles. The maximum atomic E-state index is 13.1. The molecule has 2 aromatic rings. The summed E-state index contributed by atoms with van der Waals surface area (Å²) in [5.74, 6) is -2.85. The number of aliphatic carboxylic acids is 1. The molecule has 2 atom stereocenters. The van der Waals surface area contributed by atoms with Gasteiger partial charge < -0.3 is 15.7 Å². The van der Waals surface area contributed by atoms with E-state index in [4.69, 9.17) is 11.6 Å². The van der Waals surface area contributed by atoms with Crippen LogP contribution >= 0.6 is 22.9 Å². The second-order valence-corrected chi connectivity index (χ2v) is 9.14. The normalized spacial score (nSPS) is 18.6. The van der Waals surface area contributed by atoms with E-state index in [0.29, 0.717) is 40.5 Å². The molecular weight excluding hydrogens is 424 g/mol. The van der Waals surface area contributed by atoms with Gasteiger partial charge in [0.15, 0.2) is 0 Å². The Hall–Kier alpha value is -2.38. The Morgan fingerprint density at radius 2 is 1.73 bits per heavy atom. The second-order valence-electron chi connectivity index (χ2n) is 7.48. The molecule has 1 fully saturated rings. The van der Waals surface area contributed by atoms with E-state index in [1.807, 2.05) is 13.8 Å². The minimum absolute atomic E-state index is 0.313. The van der Waals surface area contributed by atoms with Gasteiger partial charge in [0.2, 0.25) is 5.91 Å². The lowest BCUT2D eigenvalue weighted by molar-refractivity contribution is -0.147. The van der Waals surface area contributed by atoms with Crippen LogP contribution < -0.4 is 10.6 Å². The van der Waals surface area contributed by atoms with Crippen molar-refractivity contribution in [3.05, 3.63) is 45.3 Å². The van der Waals surface area contributed by atoms with Gasteiger partial charge in [-0.2, -0.15) is 0 Å². The van der Waals surface area contributed by atoms with Crippen molar-refractivity contribution in [2.75, 3.05) is 10.6 Å². The van der Waals surface area contributed by atoms with Crippen molar-refractivity contribution < 1.29 is 19.5 Å². The number of carboxylic acid groups (broad SMARTS) is 1. The Morgan fingerprint density at radius 1 is 1.10 bits per heavy atom. The van der Waals surface area contributed by atoms with E-state index in [2.05, 4.69) is 10.6 Å². The van der Waals surface area contributed by atoms with Gasteiger partial charge in [0.25, 0.3) is 5.91 Å². The predicted molar refractivity (Wildman–Crippen MR) is 120 cm³/mol. The van der Waals surface area contributed by atoms with Gasteiger partial charge in [-0.3, -0.25) is 14.4 Å². The van der Waals surface area contributed by atoms with Gasteiger partial charge in [0, 0.05) is 15.6 Å². The molecule has 0 spiro atoms. The number of hydrogen-bond acceptors (Lipinski definition) is 4. The number of hydrogen-bond donors (Lipinski definition) is 3. The van der Waals surface area contributed by atoms with Crippen LogP contribution in [0, 0.1) is 18.8 Å². The number of amides is 2. The molecule has 3 N–H and O–H groups in total. The van der Waals surface area contributed by atoms with Crippen LogP contribution in [0.15, 0.2) is 24.3 Å². The summed E-state index contributed by atoms with van der Waals surface area (Å²) in [6, 6.07) is 6.80. The van der Waals surface area contributed by atoms with Crippen LogP contribution in [0.5, 0.6) is 0 Å². The Kier molecular flexibility index (Phi) is 7.15. The number of carbonyl (C=O) groups is 3. The third-order valence-electron chi connectivity index (χ3n) is 5.55. The minimum Gasteiger partial charge on any atom is -0.481 e. The summed E-state index contributed by atoms with van der Waals surface area (Å²) >= 11 is 7.25. The van der Waals surface area contributed by atoms with E-state index >= 15 is 0 Å². The topological polar surface area (TPSA) is 95.5 Å². The number of carboxylic acids is 1. The van der Waals surface area contributed by atoms with Crippen molar-refractivity contribution in [1.29, 1.82) is 0 Å². The predicted octanol–water partition coefficient (Wildman–Crippen LogP) is 5.35. The van der Waals surface area contributed by atoms with Gasteiger partial charge >= 0.3 is 5.97 Å². The molecule has 2 unspecified atom stereocenters. The van der Waals surface area contributed by atoms with Crippen LogP contribution in [-0.2, 0) is 16.0 Å². The zero-order chi connectivity index (χ0) is 21.8. The molecule has 1 saturated carbocycles. The third kappa shape index (κ3) is 4.84. The van der Waals surface area contributed by atoms with Gasteiger partial charge in [0.05, 0.1) is 17.4 Å². The lowest BCUT2D eigenvalue weighted by Crippen LogP contribution is -2.36. The lowest BCUT2D eigenvalue weighted by atomic mass is 9.79. The monoisotopic (exact) mass is 448 g/mol. The van der Waals surface area contributed by atoms with Gasteiger partial charge in [-0.05, 0) is 56.0 Å². The highest BCUT2D eigenvalue weighted by atomic mass is 35.5. The molecule has 0 aliphatic heterocycles. The number of benzene rings is 1. The molecule has 1 heterocycles. The fourth-order valence-corrected chi connectivity index (χ4v) is 5.28. The molecule has 8 heteroatoms. The molecule has 0 radical (unpaired) electrons. The lowest BCUT2D eigenvalue weighted by Gasteiger charge is -2.27. The van der Waals surface area contributed by atoms with Crippen molar-refractivity contribution >= 4 is 51.4 Å². The van der Waals surface area contributed by atoms with Crippen LogP contribution in [0.1, 0.15) is 53.4 Å². The number of halogens is 1. The molecule has 2 amide bonds. The molecule has 3 rings (SSSR count). The molecule has 160 valence electrons. The summed E-state index contributed by atoms with van der Waals surface area (Å²) in [6.07, 6.45) is 3.33. The molecule has 0 bridgehead atoms. The molecule has 1 aliphatic carbocycles. The summed E-state index contributed by atoms with van der Waals surface area (Å²) in [4.78, 5) is 38.5. The highest BCUT2D eigenvalue weighted by Gasteiger charge is 2.36. The van der Waals surface area contributed by atoms with E-state index in [-0.39, 0.29) is 11.8 Å². The summed E-state index contributed by atoms with van der Waals surface area (Å²) in [7, 11) is 0. The molecule has 30 heavy (non-hydrogen) atoms. The van der Waals surface area contributed by atoms with Crippen molar-refractivity contribution in [3.63, 3.8) is 0 Å². The highest BCUT2D eigenvalue weighted by molar-refractivity contribution is 7.16. The summed E-state index contributed by atoms with van der Waals surface area (Å²) in [5, 5.41) is 16.3. The molecule has 1 aromatic heterocycles. The molecule has 0 saturated heterocycles. The molecule has 1 aliphatic rings. The first-order valence-electron chi connectivity index (χ1n) is 10.0. The van der Waals surface area contributed by atoms with Crippen LogP contribution in [0.4, 0.5) is 10.7 Å². The van der Waals surface area contributed by atoms with Gasteiger partial charge in [-0.1, -0.05) is 31.4 Å². The van der Waals surface area contributed by atoms with Crippen LogP contribution in [-0.4, -0.2) is 22.9 Å². The first-order valence-corrected chi connectivity index (χ1v) is 11.2. The number of anilines is 2. The zero-order valence-corrected chi connectivity index (χ0v) is 18.5. The van der Waals surface area contributed by atoms with E-state index in [1.54, 1.807) is 24.3 Å². The Labute approximate surface area is 184 Å².